The summed E-state index contributed by atoms with van der Waals surface area (Å²) in [6.45, 7) is 3.71. The third-order valence-corrected chi connectivity index (χ3v) is 7.72. The summed E-state index contributed by atoms with van der Waals surface area (Å²) in [5.41, 5.74) is 4.54. The highest BCUT2D eigenvalue weighted by molar-refractivity contribution is 8.02. The summed E-state index contributed by atoms with van der Waals surface area (Å²) in [4.78, 5) is 41.8. The lowest BCUT2D eigenvalue weighted by Gasteiger charge is -2.33. The van der Waals surface area contributed by atoms with Gasteiger partial charge in [-0.3, -0.25) is 24.2 Å². The second kappa shape index (κ2) is 8.49. The second-order valence-corrected chi connectivity index (χ2v) is 10.0. The van der Waals surface area contributed by atoms with Crippen molar-refractivity contribution in [2.24, 2.45) is 0 Å². The molecular formula is C26H22ClN3O3S. The largest absolute Gasteiger partial charge is 0.324 e. The quantitative estimate of drug-likeness (QED) is 0.565. The number of aryl methyl sites for hydroxylation is 2. The number of para-hydroxylation sites is 1. The van der Waals surface area contributed by atoms with Gasteiger partial charge in [-0.1, -0.05) is 48.0 Å². The number of nitrogens with zero attached hydrogens (tertiary/aromatic N) is 2. The molecule has 0 bridgehead atoms. The fourth-order valence-electron chi connectivity index (χ4n) is 4.53. The Morgan fingerprint density at radius 2 is 1.85 bits per heavy atom. The van der Waals surface area contributed by atoms with E-state index in [9.17, 15) is 14.4 Å². The highest BCUT2D eigenvalue weighted by Crippen LogP contribution is 2.55. The molecule has 0 radical (unpaired) electrons. The predicted molar refractivity (Wildman–Crippen MR) is 136 cm³/mol. The Bertz CT molecular complexity index is 1340. The highest BCUT2D eigenvalue weighted by Gasteiger charge is 2.61. The zero-order valence-electron chi connectivity index (χ0n) is 18.7. The van der Waals surface area contributed by atoms with Crippen molar-refractivity contribution in [3.8, 4) is 0 Å². The van der Waals surface area contributed by atoms with E-state index in [1.165, 1.54) is 21.6 Å². The third kappa shape index (κ3) is 3.56. The van der Waals surface area contributed by atoms with Crippen LogP contribution < -0.4 is 15.1 Å². The lowest BCUT2D eigenvalue weighted by molar-refractivity contribution is -0.124. The Morgan fingerprint density at radius 3 is 2.65 bits per heavy atom. The van der Waals surface area contributed by atoms with Crippen LogP contribution in [-0.2, 0) is 19.3 Å². The average Bonchev–Trinajstić information content (AvgIpc) is 3.27. The molecule has 2 aliphatic rings. The minimum atomic E-state index is -1.28. The Kier molecular flexibility index (Phi) is 5.62. The van der Waals surface area contributed by atoms with Crippen molar-refractivity contribution in [2.45, 2.75) is 18.7 Å². The van der Waals surface area contributed by atoms with Crippen LogP contribution in [0.15, 0.2) is 66.7 Å². The molecule has 0 aromatic heterocycles. The lowest BCUT2D eigenvalue weighted by atomic mass is 10.0. The monoisotopic (exact) mass is 491 g/mol. The number of carbonyl (C=O) groups is 3. The molecule has 6 nitrogen and oxygen atoms in total. The van der Waals surface area contributed by atoms with Crippen LogP contribution in [-0.4, -0.2) is 30.0 Å². The molecule has 1 N–H and O–H groups in total. The Hall–Kier alpha value is -3.29. The normalized spacial score (nSPS) is 19.1. The summed E-state index contributed by atoms with van der Waals surface area (Å²) in [6.07, 6.45) is 0. The van der Waals surface area contributed by atoms with Gasteiger partial charge in [-0.25, -0.2) is 0 Å². The van der Waals surface area contributed by atoms with Crippen LogP contribution in [0.2, 0.25) is 5.02 Å². The Labute approximate surface area is 206 Å². The Morgan fingerprint density at radius 1 is 1.06 bits per heavy atom. The first-order chi connectivity index (χ1) is 16.3. The van der Waals surface area contributed by atoms with E-state index in [-0.39, 0.29) is 30.0 Å². The highest BCUT2D eigenvalue weighted by atomic mass is 35.5. The van der Waals surface area contributed by atoms with Gasteiger partial charge in [0.15, 0.2) is 0 Å². The second-order valence-electron chi connectivity index (χ2n) is 8.42. The lowest BCUT2D eigenvalue weighted by Crippen LogP contribution is -2.50. The smallest absolute Gasteiger partial charge is 0.269 e. The fraction of sp³-hybridized carbons (Fsp3) is 0.192. The van der Waals surface area contributed by atoms with Gasteiger partial charge in [-0.2, -0.15) is 0 Å². The first-order valence-electron chi connectivity index (χ1n) is 10.8. The predicted octanol–water partition coefficient (Wildman–Crippen LogP) is 4.87. The molecule has 0 aliphatic carbocycles. The van der Waals surface area contributed by atoms with Gasteiger partial charge in [0.05, 0.1) is 11.4 Å². The maximum Gasteiger partial charge on any atom is 0.269 e. The van der Waals surface area contributed by atoms with Crippen LogP contribution in [0, 0.1) is 13.8 Å². The molecule has 2 heterocycles. The summed E-state index contributed by atoms with van der Waals surface area (Å²) in [5.74, 6) is -0.662. The molecule has 0 unspecified atom stereocenters. The van der Waals surface area contributed by atoms with Gasteiger partial charge in [0.25, 0.3) is 5.91 Å². The minimum Gasteiger partial charge on any atom is -0.324 e. The molecule has 5 rings (SSSR count). The molecule has 1 fully saturated rings. The van der Waals surface area contributed by atoms with E-state index in [2.05, 4.69) is 5.32 Å². The topological polar surface area (TPSA) is 69.7 Å². The maximum atomic E-state index is 14.0. The number of hydrogen-bond donors (Lipinski definition) is 1. The van der Waals surface area contributed by atoms with Gasteiger partial charge < -0.3 is 5.32 Å². The summed E-state index contributed by atoms with van der Waals surface area (Å²) in [7, 11) is 0. The molecule has 3 aromatic rings. The molecule has 3 amide bonds. The van der Waals surface area contributed by atoms with E-state index in [4.69, 9.17) is 11.6 Å². The zero-order valence-corrected chi connectivity index (χ0v) is 20.2. The van der Waals surface area contributed by atoms with Crippen LogP contribution in [0.3, 0.4) is 0 Å². The van der Waals surface area contributed by atoms with Crippen molar-refractivity contribution < 1.29 is 14.4 Å². The summed E-state index contributed by atoms with van der Waals surface area (Å²) in [6, 6.07) is 20.1. The van der Waals surface area contributed by atoms with Gasteiger partial charge in [0.2, 0.25) is 16.7 Å². The number of halogens is 1. The van der Waals surface area contributed by atoms with Crippen LogP contribution in [0.4, 0.5) is 17.1 Å². The molecule has 8 heteroatoms. The van der Waals surface area contributed by atoms with Crippen molar-refractivity contribution in [3.05, 3.63) is 88.4 Å². The standard InChI is InChI=1S/C26H22ClN3O3S/c1-16-10-11-17(2)21(12-16)28-23(31)14-29-22-9-4-3-8-20(22)26(25(29)33)30(24(32)15-34-26)19-7-5-6-18(27)13-19/h3-13H,14-15H2,1-2H3,(H,28,31)/t26-/m0/s1. The van der Waals surface area contributed by atoms with Gasteiger partial charge >= 0.3 is 0 Å². The van der Waals surface area contributed by atoms with E-state index in [0.717, 1.165) is 11.1 Å². The van der Waals surface area contributed by atoms with Crippen molar-refractivity contribution in [3.63, 3.8) is 0 Å². The van der Waals surface area contributed by atoms with Gasteiger partial charge in [-0.05, 0) is 55.3 Å². The number of anilines is 3. The number of hydrogen-bond acceptors (Lipinski definition) is 4. The van der Waals surface area contributed by atoms with Crippen LogP contribution >= 0.6 is 23.4 Å². The maximum absolute atomic E-state index is 14.0. The molecule has 172 valence electrons. The molecule has 1 spiro atoms. The molecule has 3 aromatic carbocycles. The number of benzene rings is 3. The number of carbonyl (C=O) groups excluding carboxylic acids is 3. The SMILES string of the molecule is Cc1ccc(C)c(NC(=O)CN2C(=O)[C@@]3(SCC(=O)N3c3cccc(Cl)c3)c3ccccc32)c1. The van der Waals surface area contributed by atoms with E-state index in [1.54, 1.807) is 24.3 Å². The van der Waals surface area contributed by atoms with E-state index < -0.39 is 4.87 Å². The molecule has 1 atom stereocenters. The number of thioether (sulfide) groups is 1. The molecular weight excluding hydrogens is 470 g/mol. The van der Waals surface area contributed by atoms with Crippen LogP contribution in [0.5, 0.6) is 0 Å². The average molecular weight is 492 g/mol. The van der Waals surface area contributed by atoms with Crippen LogP contribution in [0.1, 0.15) is 16.7 Å². The van der Waals surface area contributed by atoms with Gasteiger partial charge in [-0.15, -0.1) is 11.8 Å². The van der Waals surface area contributed by atoms with Gasteiger partial charge in [0.1, 0.15) is 6.54 Å². The molecule has 1 saturated heterocycles. The van der Waals surface area contributed by atoms with Crippen molar-refractivity contribution in [1.29, 1.82) is 0 Å². The Balaban J connectivity index is 1.52. The van der Waals surface area contributed by atoms with Crippen LogP contribution in [0.25, 0.3) is 0 Å². The minimum absolute atomic E-state index is 0.148. The van der Waals surface area contributed by atoms with E-state index in [1.807, 2.05) is 56.3 Å². The summed E-state index contributed by atoms with van der Waals surface area (Å²) in [5, 5.41) is 3.40. The summed E-state index contributed by atoms with van der Waals surface area (Å²) >= 11 is 7.48. The fourth-order valence-corrected chi connectivity index (χ4v) is 6.08. The first kappa shape index (κ1) is 22.5. The summed E-state index contributed by atoms with van der Waals surface area (Å²) < 4.78 is 0. The van der Waals surface area contributed by atoms with Crippen molar-refractivity contribution >= 4 is 58.1 Å². The zero-order chi connectivity index (χ0) is 24.0. The van der Waals surface area contributed by atoms with Crippen molar-refractivity contribution in [1.82, 2.24) is 0 Å². The van der Waals surface area contributed by atoms with Crippen molar-refractivity contribution in [2.75, 3.05) is 27.4 Å². The molecule has 34 heavy (non-hydrogen) atoms. The van der Waals surface area contributed by atoms with E-state index in [0.29, 0.717) is 27.6 Å². The van der Waals surface area contributed by atoms with Gasteiger partial charge in [0, 0.05) is 22.0 Å². The number of rotatable bonds is 4. The molecule has 0 saturated carbocycles. The number of amides is 3. The first-order valence-corrected chi connectivity index (χ1v) is 12.2. The molecule has 2 aliphatic heterocycles. The van der Waals surface area contributed by atoms with E-state index >= 15 is 0 Å². The number of fused-ring (bicyclic) bond motifs is 2. The number of nitrogens with one attached hydrogen (secondary N) is 1. The third-order valence-electron chi connectivity index (χ3n) is 6.10.